The average Bonchev–Trinajstić information content (AvgIpc) is 2.99. The van der Waals surface area contributed by atoms with Crippen molar-refractivity contribution in [1.29, 1.82) is 0 Å². The Morgan fingerprint density at radius 3 is 2.24 bits per heavy atom. The van der Waals surface area contributed by atoms with Gasteiger partial charge in [-0.3, -0.25) is 13.9 Å². The molecule has 1 aliphatic rings. The van der Waals surface area contributed by atoms with Crippen molar-refractivity contribution in [2.45, 2.75) is 82.8 Å². The van der Waals surface area contributed by atoms with Crippen molar-refractivity contribution >= 4 is 39.1 Å². The number of halogens is 1. The minimum absolute atomic E-state index is 0.0707. The molecule has 1 fully saturated rings. The molecule has 1 atom stereocenters. The molecule has 0 heterocycles. The topological polar surface area (TPSA) is 86.8 Å². The zero-order valence-electron chi connectivity index (χ0n) is 24.6. The van der Waals surface area contributed by atoms with Crippen molar-refractivity contribution in [3.05, 3.63) is 94.5 Å². The molecule has 9 heteroatoms. The second kappa shape index (κ2) is 14.2. The first-order valence-electron chi connectivity index (χ1n) is 14.6. The van der Waals surface area contributed by atoms with Crippen molar-refractivity contribution in [3.63, 3.8) is 0 Å². The number of sulfonamides is 1. The Balaban J connectivity index is 1.72. The molecule has 3 aromatic carbocycles. The number of aryl methyl sites for hydroxylation is 2. The molecule has 0 saturated heterocycles. The number of nitrogens with one attached hydrogen (secondary N) is 1. The van der Waals surface area contributed by atoms with Crippen molar-refractivity contribution < 1.29 is 18.0 Å². The van der Waals surface area contributed by atoms with Crippen LogP contribution in [0, 0.1) is 13.8 Å². The van der Waals surface area contributed by atoms with Crippen LogP contribution in [0.1, 0.15) is 62.1 Å². The zero-order valence-corrected chi connectivity index (χ0v) is 26.1. The second-order valence-corrected chi connectivity index (χ2v) is 13.2. The third-order valence-electron chi connectivity index (χ3n) is 8.02. The monoisotopic (exact) mass is 609 g/mol. The standard InChI is InChI=1S/C33H40ClN3O4S/c1-4-31(33(39)35-27-14-7-5-8-15-27)36(22-26-13-11-12-18-30(26)34)32(38)23-37(28-20-19-24(2)25(3)21-28)42(40,41)29-16-9-6-10-17-29/h6,9-13,16-21,27,31H,4-5,7-8,14-15,22-23H2,1-3H3,(H,35,39)/t31-/m1/s1. The van der Waals surface area contributed by atoms with Crippen molar-refractivity contribution in [3.8, 4) is 0 Å². The summed E-state index contributed by atoms with van der Waals surface area (Å²) in [6.45, 7) is 5.31. The van der Waals surface area contributed by atoms with Crippen molar-refractivity contribution in [2.75, 3.05) is 10.8 Å². The largest absolute Gasteiger partial charge is 0.352 e. The van der Waals surface area contributed by atoms with Crippen molar-refractivity contribution in [2.24, 2.45) is 0 Å². The predicted molar refractivity (Wildman–Crippen MR) is 168 cm³/mol. The molecule has 42 heavy (non-hydrogen) atoms. The lowest BCUT2D eigenvalue weighted by Gasteiger charge is -2.34. The molecule has 224 valence electrons. The smallest absolute Gasteiger partial charge is 0.264 e. The molecule has 0 spiro atoms. The van der Waals surface area contributed by atoms with Crippen LogP contribution in [0.5, 0.6) is 0 Å². The first-order valence-corrected chi connectivity index (χ1v) is 16.4. The number of carbonyl (C=O) groups is 2. The summed E-state index contributed by atoms with van der Waals surface area (Å²) in [6, 6.07) is 19.9. The molecular weight excluding hydrogens is 570 g/mol. The minimum atomic E-state index is -4.11. The lowest BCUT2D eigenvalue weighted by atomic mass is 9.95. The molecule has 4 rings (SSSR count). The Morgan fingerprint density at radius 1 is 0.929 bits per heavy atom. The molecule has 2 amide bonds. The van der Waals surface area contributed by atoms with Crippen LogP contribution in [0.15, 0.2) is 77.7 Å². The van der Waals surface area contributed by atoms with Gasteiger partial charge in [0.15, 0.2) is 0 Å². The maximum atomic E-state index is 14.3. The SMILES string of the molecule is CC[C@H](C(=O)NC1CCCCC1)N(Cc1ccccc1Cl)C(=O)CN(c1ccc(C)c(C)c1)S(=O)(=O)c1ccccc1. The Hall–Kier alpha value is -3.36. The zero-order chi connectivity index (χ0) is 30.3. The number of nitrogens with zero attached hydrogens (tertiary/aromatic N) is 2. The van der Waals surface area contributed by atoms with Gasteiger partial charge in [-0.15, -0.1) is 0 Å². The predicted octanol–water partition coefficient (Wildman–Crippen LogP) is 6.41. The molecular formula is C33H40ClN3O4S. The summed E-state index contributed by atoms with van der Waals surface area (Å²) in [6.07, 6.45) is 5.47. The highest BCUT2D eigenvalue weighted by molar-refractivity contribution is 7.92. The Bertz CT molecular complexity index is 1490. The fraction of sp³-hybridized carbons (Fsp3) is 0.394. The summed E-state index contributed by atoms with van der Waals surface area (Å²) in [5, 5.41) is 3.64. The summed E-state index contributed by atoms with van der Waals surface area (Å²) in [5.41, 5.74) is 2.97. The van der Waals surface area contributed by atoms with Gasteiger partial charge < -0.3 is 10.2 Å². The molecule has 1 aliphatic carbocycles. The van der Waals surface area contributed by atoms with E-state index in [0.29, 0.717) is 22.7 Å². The fourth-order valence-corrected chi connectivity index (χ4v) is 7.03. The molecule has 0 unspecified atom stereocenters. The van der Waals surface area contributed by atoms with Crippen LogP contribution >= 0.6 is 11.6 Å². The van der Waals surface area contributed by atoms with Gasteiger partial charge in [0.25, 0.3) is 10.0 Å². The summed E-state index contributed by atoms with van der Waals surface area (Å²) in [4.78, 5) is 29.5. The summed E-state index contributed by atoms with van der Waals surface area (Å²) >= 11 is 6.50. The van der Waals surface area contributed by atoms with E-state index in [1.165, 1.54) is 17.0 Å². The molecule has 0 bridgehead atoms. The minimum Gasteiger partial charge on any atom is -0.352 e. The van der Waals surface area contributed by atoms with E-state index in [4.69, 9.17) is 11.6 Å². The van der Waals surface area contributed by atoms with Crippen LogP contribution in [0.3, 0.4) is 0 Å². The number of carbonyl (C=O) groups excluding carboxylic acids is 2. The van der Waals surface area contributed by atoms with Gasteiger partial charge in [0, 0.05) is 17.6 Å². The number of hydrogen-bond acceptors (Lipinski definition) is 4. The Labute approximate surface area is 254 Å². The van der Waals surface area contributed by atoms with E-state index in [1.54, 1.807) is 42.5 Å². The van der Waals surface area contributed by atoms with Crippen molar-refractivity contribution in [1.82, 2.24) is 10.2 Å². The lowest BCUT2D eigenvalue weighted by molar-refractivity contribution is -0.140. The normalized spacial score (nSPS) is 14.7. The molecule has 0 aliphatic heterocycles. The lowest BCUT2D eigenvalue weighted by Crippen LogP contribution is -2.54. The van der Waals surface area contributed by atoms with Crippen LogP contribution in [-0.4, -0.2) is 43.8 Å². The van der Waals surface area contributed by atoms with Crippen LogP contribution < -0.4 is 9.62 Å². The molecule has 3 aromatic rings. The van der Waals surface area contributed by atoms with Gasteiger partial charge in [-0.1, -0.05) is 80.3 Å². The highest BCUT2D eigenvalue weighted by atomic mass is 35.5. The van der Waals surface area contributed by atoms with E-state index >= 15 is 0 Å². The Kier molecular flexibility index (Phi) is 10.7. The van der Waals surface area contributed by atoms with Gasteiger partial charge in [0.2, 0.25) is 11.8 Å². The van der Waals surface area contributed by atoms with Crippen LogP contribution in [0.2, 0.25) is 5.02 Å². The van der Waals surface area contributed by atoms with E-state index < -0.39 is 28.5 Å². The highest BCUT2D eigenvalue weighted by Gasteiger charge is 2.34. The number of benzene rings is 3. The molecule has 1 saturated carbocycles. The number of amides is 2. The quantitative estimate of drug-likeness (QED) is 0.272. The van der Waals surface area contributed by atoms with Gasteiger partial charge >= 0.3 is 0 Å². The Morgan fingerprint density at radius 2 is 1.60 bits per heavy atom. The fourth-order valence-electron chi connectivity index (χ4n) is 5.40. The summed E-state index contributed by atoms with van der Waals surface area (Å²) in [7, 11) is -4.11. The molecule has 1 N–H and O–H groups in total. The first kappa shape index (κ1) is 31.6. The molecule has 0 aromatic heterocycles. The third-order valence-corrected chi connectivity index (χ3v) is 10.2. The number of anilines is 1. The molecule has 0 radical (unpaired) electrons. The van der Waals surface area contributed by atoms with Gasteiger partial charge in [-0.25, -0.2) is 8.42 Å². The van der Waals surface area contributed by atoms with E-state index in [1.807, 2.05) is 39.0 Å². The average molecular weight is 610 g/mol. The molecule has 7 nitrogen and oxygen atoms in total. The second-order valence-electron chi connectivity index (χ2n) is 11.0. The van der Waals surface area contributed by atoms with E-state index in [-0.39, 0.29) is 23.4 Å². The maximum absolute atomic E-state index is 14.3. The maximum Gasteiger partial charge on any atom is 0.264 e. The van der Waals surface area contributed by atoms with Crippen LogP contribution in [0.25, 0.3) is 0 Å². The third kappa shape index (κ3) is 7.53. The number of rotatable bonds is 11. The van der Waals surface area contributed by atoms with Crippen LogP contribution in [0.4, 0.5) is 5.69 Å². The van der Waals surface area contributed by atoms with Gasteiger partial charge in [-0.2, -0.15) is 0 Å². The van der Waals surface area contributed by atoms with Gasteiger partial charge in [-0.05, 0) is 80.1 Å². The summed E-state index contributed by atoms with van der Waals surface area (Å²) in [5.74, 6) is -0.716. The van der Waals surface area contributed by atoms with Crippen LogP contribution in [-0.2, 0) is 26.2 Å². The first-order chi connectivity index (χ1) is 20.1. The van der Waals surface area contributed by atoms with E-state index in [0.717, 1.165) is 47.5 Å². The summed E-state index contributed by atoms with van der Waals surface area (Å²) < 4.78 is 29.1. The van der Waals surface area contributed by atoms with Gasteiger partial charge in [0.05, 0.1) is 10.6 Å². The highest BCUT2D eigenvalue weighted by Crippen LogP contribution is 2.27. The van der Waals surface area contributed by atoms with Gasteiger partial charge in [0.1, 0.15) is 12.6 Å². The number of hydrogen-bond donors (Lipinski definition) is 1. The van der Waals surface area contributed by atoms with E-state index in [2.05, 4.69) is 5.32 Å². The van der Waals surface area contributed by atoms with E-state index in [9.17, 15) is 18.0 Å².